The SMILES string of the molecule is O=Cc1cccc(Cl)c1N1CCc2sccc2C1. The third-order valence-corrected chi connectivity index (χ3v) is 4.60. The molecule has 3 rings (SSSR count). The van der Waals surface area contributed by atoms with Crippen molar-refractivity contribution in [3.8, 4) is 0 Å². The molecule has 2 aromatic rings. The Labute approximate surface area is 115 Å². The van der Waals surface area contributed by atoms with E-state index in [-0.39, 0.29) is 0 Å². The van der Waals surface area contributed by atoms with Gasteiger partial charge < -0.3 is 4.90 Å². The van der Waals surface area contributed by atoms with E-state index in [1.807, 2.05) is 29.5 Å². The Hall–Kier alpha value is -1.32. The highest BCUT2D eigenvalue weighted by Gasteiger charge is 2.21. The van der Waals surface area contributed by atoms with Crippen LogP contribution < -0.4 is 4.90 Å². The number of benzene rings is 1. The summed E-state index contributed by atoms with van der Waals surface area (Å²) < 4.78 is 0. The molecule has 2 nitrogen and oxygen atoms in total. The van der Waals surface area contributed by atoms with Crippen LogP contribution in [0.5, 0.6) is 0 Å². The third kappa shape index (κ3) is 1.93. The van der Waals surface area contributed by atoms with Gasteiger partial charge in [0.2, 0.25) is 0 Å². The predicted molar refractivity (Wildman–Crippen MR) is 75.9 cm³/mol. The first-order valence-electron chi connectivity index (χ1n) is 5.83. The van der Waals surface area contributed by atoms with Gasteiger partial charge in [-0.15, -0.1) is 11.3 Å². The predicted octanol–water partition coefficient (Wildman–Crippen LogP) is 3.78. The zero-order chi connectivity index (χ0) is 12.5. The summed E-state index contributed by atoms with van der Waals surface area (Å²) in [6, 6.07) is 7.63. The van der Waals surface area contributed by atoms with Crippen molar-refractivity contribution in [3.05, 3.63) is 50.7 Å². The van der Waals surface area contributed by atoms with E-state index in [9.17, 15) is 4.79 Å². The smallest absolute Gasteiger partial charge is 0.152 e. The number of hydrogen-bond acceptors (Lipinski definition) is 3. The highest BCUT2D eigenvalue weighted by Crippen LogP contribution is 2.34. The van der Waals surface area contributed by atoms with Crippen molar-refractivity contribution >= 4 is 34.9 Å². The molecule has 1 aromatic carbocycles. The molecule has 2 heterocycles. The second kappa shape index (κ2) is 4.75. The number of carbonyl (C=O) groups excluding carboxylic acids is 1. The molecule has 1 aromatic heterocycles. The van der Waals surface area contributed by atoms with Crippen molar-refractivity contribution in [1.82, 2.24) is 0 Å². The van der Waals surface area contributed by atoms with Crippen LogP contribution in [0.1, 0.15) is 20.8 Å². The highest BCUT2D eigenvalue weighted by molar-refractivity contribution is 7.10. The van der Waals surface area contributed by atoms with Crippen LogP contribution in [0.15, 0.2) is 29.6 Å². The number of hydrogen-bond donors (Lipinski definition) is 0. The first-order valence-corrected chi connectivity index (χ1v) is 7.09. The Bertz CT molecular complexity index is 593. The second-order valence-corrected chi connectivity index (χ2v) is 5.74. The van der Waals surface area contributed by atoms with Crippen LogP contribution in [0.2, 0.25) is 5.02 Å². The maximum Gasteiger partial charge on any atom is 0.152 e. The number of fused-ring (bicyclic) bond motifs is 1. The first-order chi connectivity index (χ1) is 8.79. The van der Waals surface area contributed by atoms with E-state index in [0.717, 1.165) is 31.5 Å². The molecule has 0 saturated carbocycles. The lowest BCUT2D eigenvalue weighted by atomic mass is 10.1. The quantitative estimate of drug-likeness (QED) is 0.779. The highest BCUT2D eigenvalue weighted by atomic mass is 35.5. The fourth-order valence-electron chi connectivity index (χ4n) is 2.40. The van der Waals surface area contributed by atoms with Crippen LogP contribution in [0.4, 0.5) is 5.69 Å². The molecule has 0 saturated heterocycles. The Balaban J connectivity index is 2.00. The lowest BCUT2D eigenvalue weighted by Gasteiger charge is -2.30. The lowest BCUT2D eigenvalue weighted by molar-refractivity contribution is 0.112. The maximum absolute atomic E-state index is 11.1. The van der Waals surface area contributed by atoms with E-state index in [0.29, 0.717) is 10.6 Å². The number of carbonyl (C=O) groups is 1. The van der Waals surface area contributed by atoms with Gasteiger partial charge in [-0.2, -0.15) is 0 Å². The molecule has 1 aliphatic heterocycles. The van der Waals surface area contributed by atoms with Crippen LogP contribution in [0.25, 0.3) is 0 Å². The minimum atomic E-state index is 0.651. The van der Waals surface area contributed by atoms with Gasteiger partial charge in [0, 0.05) is 23.5 Å². The number of rotatable bonds is 2. The summed E-state index contributed by atoms with van der Waals surface area (Å²) in [5.41, 5.74) is 2.88. The van der Waals surface area contributed by atoms with Gasteiger partial charge in [-0.25, -0.2) is 0 Å². The van der Waals surface area contributed by atoms with Gasteiger partial charge in [0.25, 0.3) is 0 Å². The van der Waals surface area contributed by atoms with Gasteiger partial charge in [-0.1, -0.05) is 17.7 Å². The van der Waals surface area contributed by atoms with Crippen LogP contribution in [0, 0.1) is 0 Å². The van der Waals surface area contributed by atoms with E-state index in [4.69, 9.17) is 11.6 Å². The lowest BCUT2D eigenvalue weighted by Crippen LogP contribution is -2.30. The molecular formula is C14H12ClNOS. The summed E-state index contributed by atoms with van der Waals surface area (Å²) >= 11 is 8.05. The number of para-hydroxylation sites is 1. The number of thiophene rings is 1. The van der Waals surface area contributed by atoms with Gasteiger partial charge in [-0.3, -0.25) is 4.79 Å². The summed E-state index contributed by atoms with van der Waals surface area (Å²) in [7, 11) is 0. The average Bonchev–Trinajstić information content (AvgIpc) is 2.85. The fraction of sp³-hybridized carbons (Fsp3) is 0.214. The Kier molecular flexibility index (Phi) is 3.10. The summed E-state index contributed by atoms with van der Waals surface area (Å²) in [6.45, 7) is 1.75. The molecule has 0 N–H and O–H groups in total. The number of nitrogens with zero attached hydrogens (tertiary/aromatic N) is 1. The molecule has 0 radical (unpaired) electrons. The topological polar surface area (TPSA) is 20.3 Å². The number of halogens is 1. The van der Waals surface area contributed by atoms with E-state index in [2.05, 4.69) is 16.3 Å². The van der Waals surface area contributed by atoms with Gasteiger partial charge in [0.15, 0.2) is 6.29 Å². The van der Waals surface area contributed by atoms with E-state index in [1.54, 1.807) is 0 Å². The first kappa shape index (κ1) is 11.8. The molecule has 92 valence electrons. The molecule has 1 aliphatic rings. The molecule has 0 atom stereocenters. The van der Waals surface area contributed by atoms with Gasteiger partial charge in [-0.05, 0) is 35.6 Å². The molecule has 0 spiro atoms. The summed E-state index contributed by atoms with van der Waals surface area (Å²) in [5.74, 6) is 0. The van der Waals surface area contributed by atoms with Gasteiger partial charge >= 0.3 is 0 Å². The second-order valence-electron chi connectivity index (χ2n) is 4.34. The normalized spacial score (nSPS) is 14.4. The Morgan fingerprint density at radius 3 is 3.06 bits per heavy atom. The van der Waals surface area contributed by atoms with Crippen molar-refractivity contribution in [2.45, 2.75) is 13.0 Å². The number of aldehydes is 1. The van der Waals surface area contributed by atoms with E-state index in [1.165, 1.54) is 10.4 Å². The van der Waals surface area contributed by atoms with Crippen LogP contribution in [0.3, 0.4) is 0 Å². The van der Waals surface area contributed by atoms with Crippen LogP contribution >= 0.6 is 22.9 Å². The molecule has 0 amide bonds. The monoisotopic (exact) mass is 277 g/mol. The van der Waals surface area contributed by atoms with Crippen molar-refractivity contribution in [2.75, 3.05) is 11.4 Å². The molecule has 0 bridgehead atoms. The molecule has 0 aliphatic carbocycles. The molecule has 4 heteroatoms. The summed E-state index contributed by atoms with van der Waals surface area (Å²) in [6.07, 6.45) is 1.90. The van der Waals surface area contributed by atoms with Crippen molar-refractivity contribution < 1.29 is 4.79 Å². The zero-order valence-electron chi connectivity index (χ0n) is 9.73. The third-order valence-electron chi connectivity index (χ3n) is 3.27. The van der Waals surface area contributed by atoms with E-state index < -0.39 is 0 Å². The van der Waals surface area contributed by atoms with Gasteiger partial charge in [0.1, 0.15) is 0 Å². The molecule has 0 unspecified atom stereocenters. The molecule has 18 heavy (non-hydrogen) atoms. The minimum absolute atomic E-state index is 0.651. The zero-order valence-corrected chi connectivity index (χ0v) is 11.3. The number of anilines is 1. The Morgan fingerprint density at radius 1 is 1.33 bits per heavy atom. The minimum Gasteiger partial charge on any atom is -0.365 e. The summed E-state index contributed by atoms with van der Waals surface area (Å²) in [5, 5.41) is 2.78. The van der Waals surface area contributed by atoms with Crippen LogP contribution in [-0.4, -0.2) is 12.8 Å². The van der Waals surface area contributed by atoms with Crippen molar-refractivity contribution in [2.24, 2.45) is 0 Å². The largest absolute Gasteiger partial charge is 0.365 e. The van der Waals surface area contributed by atoms with E-state index >= 15 is 0 Å². The maximum atomic E-state index is 11.1. The van der Waals surface area contributed by atoms with Gasteiger partial charge in [0.05, 0.1) is 10.7 Å². The fourth-order valence-corrected chi connectivity index (χ4v) is 3.59. The molecule has 0 fully saturated rings. The van der Waals surface area contributed by atoms with Crippen molar-refractivity contribution in [1.29, 1.82) is 0 Å². The van der Waals surface area contributed by atoms with Crippen LogP contribution in [-0.2, 0) is 13.0 Å². The Morgan fingerprint density at radius 2 is 2.22 bits per heavy atom. The average molecular weight is 278 g/mol. The molecular weight excluding hydrogens is 266 g/mol. The standard InChI is InChI=1S/C14H12ClNOS/c15-12-3-1-2-11(9-17)14(12)16-6-4-13-10(8-16)5-7-18-13/h1-3,5,7,9H,4,6,8H2. The van der Waals surface area contributed by atoms with Crippen molar-refractivity contribution in [3.63, 3.8) is 0 Å². The summed E-state index contributed by atoms with van der Waals surface area (Å²) in [4.78, 5) is 14.8.